The molecule has 0 bridgehead atoms. The fraction of sp³-hybridized carbons (Fsp3) is 0.0159. The topological polar surface area (TPSA) is 0 Å². The van der Waals surface area contributed by atoms with Gasteiger partial charge < -0.3 is 0 Å². The van der Waals surface area contributed by atoms with Gasteiger partial charge in [0.15, 0.2) is 0 Å². The lowest BCUT2D eigenvalue weighted by Gasteiger charge is -2.32. The summed E-state index contributed by atoms with van der Waals surface area (Å²) in [5, 5.41) is 12.7. The lowest BCUT2D eigenvalue weighted by molar-refractivity contribution is 0.802. The zero-order valence-corrected chi connectivity index (χ0v) is 34.4. The number of rotatable bonds is 3. The highest BCUT2D eigenvalue weighted by Crippen LogP contribution is 2.65. The maximum absolute atomic E-state index is 2.57. The molecule has 1 spiro atoms. The van der Waals surface area contributed by atoms with E-state index < -0.39 is 5.41 Å². The molecular formula is C63H38. The minimum Gasteiger partial charge on any atom is -0.0619 e. The van der Waals surface area contributed by atoms with Gasteiger partial charge in [0.1, 0.15) is 0 Å². The lowest BCUT2D eigenvalue weighted by Crippen LogP contribution is -2.26. The van der Waals surface area contributed by atoms with Gasteiger partial charge in [0.25, 0.3) is 0 Å². The van der Waals surface area contributed by atoms with E-state index in [1.54, 1.807) is 0 Å². The van der Waals surface area contributed by atoms with E-state index in [9.17, 15) is 0 Å². The standard InChI is InChI=1S/C63H38/c1-2-18-41-36-44(33-32-39(41)16-1)60-52-28-9-7-26-50(52)59(51-27-8-10-29-53(51)60)43-20-15-19-42(37-43)55-38-58-61(49-25-6-5-22-46(49)55)54-35-34-40-17-3-4-21-45(40)62(54)63(58)56-30-13-11-23-47(56)48-24-12-14-31-57(48)63/h1-38H. The van der Waals surface area contributed by atoms with Crippen molar-refractivity contribution in [3.63, 3.8) is 0 Å². The molecule has 2 aliphatic rings. The second-order valence-corrected chi connectivity index (χ2v) is 17.4. The van der Waals surface area contributed by atoms with E-state index >= 15 is 0 Å². The van der Waals surface area contributed by atoms with Gasteiger partial charge in [-0.3, -0.25) is 0 Å². The first-order valence-electron chi connectivity index (χ1n) is 22.1. The van der Waals surface area contributed by atoms with E-state index in [2.05, 4.69) is 231 Å². The predicted octanol–water partition coefficient (Wildman–Crippen LogP) is 16.8. The van der Waals surface area contributed by atoms with Gasteiger partial charge in [0.2, 0.25) is 0 Å². The van der Waals surface area contributed by atoms with Gasteiger partial charge >= 0.3 is 0 Å². The molecule has 12 aromatic rings. The van der Waals surface area contributed by atoms with Crippen molar-refractivity contribution in [2.24, 2.45) is 0 Å². The fourth-order valence-electron chi connectivity index (χ4n) is 12.0. The van der Waals surface area contributed by atoms with Gasteiger partial charge in [-0.15, -0.1) is 0 Å². The average molecular weight is 795 g/mol. The molecule has 63 heavy (non-hydrogen) atoms. The Kier molecular flexibility index (Phi) is 7.13. The third kappa shape index (κ3) is 4.65. The summed E-state index contributed by atoms with van der Waals surface area (Å²) in [4.78, 5) is 0. The van der Waals surface area contributed by atoms with Crippen molar-refractivity contribution >= 4 is 53.9 Å². The second-order valence-electron chi connectivity index (χ2n) is 17.4. The molecule has 0 amide bonds. The van der Waals surface area contributed by atoms with E-state index in [0.29, 0.717) is 0 Å². The van der Waals surface area contributed by atoms with Crippen LogP contribution in [0.3, 0.4) is 0 Å². The maximum Gasteiger partial charge on any atom is 0.0731 e. The van der Waals surface area contributed by atoms with Crippen molar-refractivity contribution in [3.8, 4) is 55.6 Å². The van der Waals surface area contributed by atoms with Crippen molar-refractivity contribution in [1.82, 2.24) is 0 Å². The Morgan fingerprint density at radius 3 is 1.35 bits per heavy atom. The molecule has 0 aromatic heterocycles. The van der Waals surface area contributed by atoms with Crippen LogP contribution in [0.2, 0.25) is 0 Å². The molecule has 0 N–H and O–H groups in total. The van der Waals surface area contributed by atoms with Crippen molar-refractivity contribution < 1.29 is 0 Å². The van der Waals surface area contributed by atoms with Crippen LogP contribution in [0, 0.1) is 0 Å². The average Bonchev–Trinajstić information content (AvgIpc) is 3.83. The Morgan fingerprint density at radius 2 is 0.698 bits per heavy atom. The molecule has 12 aromatic carbocycles. The fourth-order valence-corrected chi connectivity index (χ4v) is 12.0. The Balaban J connectivity index is 1.05. The molecule has 0 heteroatoms. The van der Waals surface area contributed by atoms with Crippen LogP contribution in [0.4, 0.5) is 0 Å². The quantitative estimate of drug-likeness (QED) is 0.156. The van der Waals surface area contributed by atoms with Crippen LogP contribution < -0.4 is 0 Å². The molecule has 0 unspecified atom stereocenters. The zero-order valence-electron chi connectivity index (χ0n) is 34.4. The summed E-state index contributed by atoms with van der Waals surface area (Å²) in [6, 6.07) is 86.7. The van der Waals surface area contributed by atoms with Crippen LogP contribution >= 0.6 is 0 Å². The smallest absolute Gasteiger partial charge is 0.0619 e. The van der Waals surface area contributed by atoms with Gasteiger partial charge in [-0.2, -0.15) is 0 Å². The Bertz CT molecular complexity index is 3820. The first-order valence-corrected chi connectivity index (χ1v) is 22.1. The molecule has 290 valence electrons. The largest absolute Gasteiger partial charge is 0.0731 e. The summed E-state index contributed by atoms with van der Waals surface area (Å²) in [5.74, 6) is 0. The van der Waals surface area contributed by atoms with Crippen molar-refractivity contribution in [1.29, 1.82) is 0 Å². The second kappa shape index (κ2) is 13.0. The summed E-state index contributed by atoms with van der Waals surface area (Å²) in [7, 11) is 0. The molecular weight excluding hydrogens is 757 g/mol. The van der Waals surface area contributed by atoms with Crippen LogP contribution in [0.15, 0.2) is 231 Å². The molecule has 14 rings (SSSR count). The third-order valence-corrected chi connectivity index (χ3v) is 14.4. The summed E-state index contributed by atoms with van der Waals surface area (Å²) in [6.45, 7) is 0. The molecule has 0 aliphatic heterocycles. The Morgan fingerprint density at radius 1 is 0.222 bits per heavy atom. The molecule has 0 atom stereocenters. The number of hydrogen-bond donors (Lipinski definition) is 0. The zero-order chi connectivity index (χ0) is 41.2. The van der Waals surface area contributed by atoms with Crippen LogP contribution in [0.1, 0.15) is 22.3 Å². The van der Waals surface area contributed by atoms with E-state index in [0.717, 1.165) is 0 Å². The first-order chi connectivity index (χ1) is 31.3. The van der Waals surface area contributed by atoms with Crippen LogP contribution in [0.25, 0.3) is 109 Å². The van der Waals surface area contributed by atoms with Crippen molar-refractivity contribution in [2.75, 3.05) is 0 Å². The summed E-state index contributed by atoms with van der Waals surface area (Å²) < 4.78 is 0. The van der Waals surface area contributed by atoms with Crippen molar-refractivity contribution in [2.45, 2.75) is 5.41 Å². The molecule has 0 heterocycles. The van der Waals surface area contributed by atoms with E-state index in [1.165, 1.54) is 132 Å². The normalized spacial score (nSPS) is 13.2. The van der Waals surface area contributed by atoms with Gasteiger partial charge in [-0.05, 0) is 150 Å². The molecule has 0 saturated heterocycles. The summed E-state index contributed by atoms with van der Waals surface area (Å²) >= 11 is 0. The van der Waals surface area contributed by atoms with E-state index in [1.807, 2.05) is 0 Å². The van der Waals surface area contributed by atoms with Gasteiger partial charge in [-0.1, -0.05) is 212 Å². The highest BCUT2D eigenvalue weighted by molar-refractivity contribution is 6.22. The molecule has 0 saturated carbocycles. The highest BCUT2D eigenvalue weighted by atomic mass is 14.5. The monoisotopic (exact) mass is 794 g/mol. The third-order valence-electron chi connectivity index (χ3n) is 14.4. The van der Waals surface area contributed by atoms with Crippen LogP contribution in [-0.2, 0) is 5.41 Å². The first kappa shape index (κ1) is 34.6. The minimum absolute atomic E-state index is 0.486. The molecule has 0 nitrogen and oxygen atoms in total. The summed E-state index contributed by atoms with van der Waals surface area (Å²) in [6.07, 6.45) is 0. The Labute approximate surface area is 366 Å². The Hall–Kier alpha value is -8.06. The van der Waals surface area contributed by atoms with Gasteiger partial charge in [0.05, 0.1) is 5.41 Å². The molecule has 0 radical (unpaired) electrons. The van der Waals surface area contributed by atoms with Crippen LogP contribution in [0.5, 0.6) is 0 Å². The van der Waals surface area contributed by atoms with E-state index in [4.69, 9.17) is 0 Å². The van der Waals surface area contributed by atoms with Crippen LogP contribution in [-0.4, -0.2) is 0 Å². The number of hydrogen-bond acceptors (Lipinski definition) is 0. The molecule has 2 aliphatic carbocycles. The highest BCUT2D eigenvalue weighted by Gasteiger charge is 2.53. The summed E-state index contributed by atoms with van der Waals surface area (Å²) in [5.41, 5.74) is 17.8. The van der Waals surface area contributed by atoms with Gasteiger partial charge in [-0.25, -0.2) is 0 Å². The number of benzene rings is 12. The number of fused-ring (bicyclic) bond motifs is 17. The SMILES string of the molecule is c1cc(-c2cc3c(c4ccccc24)-c2ccc4ccccc4c2C32c3ccccc3-c3ccccc32)cc(-c2c3ccccc3c(-c3ccc4ccccc4c3)c3ccccc23)c1. The predicted molar refractivity (Wildman–Crippen MR) is 267 cm³/mol. The maximum atomic E-state index is 2.57. The van der Waals surface area contributed by atoms with Gasteiger partial charge in [0, 0.05) is 0 Å². The van der Waals surface area contributed by atoms with Crippen molar-refractivity contribution in [3.05, 3.63) is 253 Å². The molecule has 0 fully saturated rings. The van der Waals surface area contributed by atoms with E-state index in [-0.39, 0.29) is 0 Å². The lowest BCUT2D eigenvalue weighted by atomic mass is 9.69. The minimum atomic E-state index is -0.486.